The Morgan fingerprint density at radius 3 is 2.85 bits per heavy atom. The normalized spacial score (nSPS) is 14.3. The molecule has 0 saturated carbocycles. The molecule has 2 unspecified atom stereocenters. The van der Waals surface area contributed by atoms with E-state index in [4.69, 9.17) is 4.74 Å². The topological polar surface area (TPSA) is 34.1 Å². The molecule has 1 aromatic carbocycles. The molecule has 3 heteroatoms. The summed E-state index contributed by atoms with van der Waals surface area (Å²) >= 11 is 0. The highest BCUT2D eigenvalue weighted by molar-refractivity contribution is 5.79. The third-order valence-corrected chi connectivity index (χ3v) is 3.74. The first kappa shape index (κ1) is 14.9. The number of fused-ring (bicyclic) bond motifs is 1. The van der Waals surface area contributed by atoms with Crippen LogP contribution in [0.1, 0.15) is 38.3 Å². The van der Waals surface area contributed by atoms with Crippen LogP contribution in [-0.2, 0) is 4.74 Å². The van der Waals surface area contributed by atoms with E-state index in [0.29, 0.717) is 12.1 Å². The Bertz CT molecular complexity index is 541. The Morgan fingerprint density at radius 2 is 2.10 bits per heavy atom. The zero-order chi connectivity index (χ0) is 14.4. The molecular weight excluding hydrogens is 248 g/mol. The second-order valence-electron chi connectivity index (χ2n) is 5.19. The molecule has 3 nitrogen and oxygen atoms in total. The number of aromatic nitrogens is 1. The van der Waals surface area contributed by atoms with Gasteiger partial charge in [-0.05, 0) is 50.1 Å². The fourth-order valence-electron chi connectivity index (χ4n) is 2.46. The van der Waals surface area contributed by atoms with Crippen molar-refractivity contribution in [1.82, 2.24) is 10.3 Å². The van der Waals surface area contributed by atoms with E-state index in [0.717, 1.165) is 24.9 Å². The van der Waals surface area contributed by atoms with Crippen molar-refractivity contribution in [3.05, 3.63) is 42.1 Å². The van der Waals surface area contributed by atoms with Gasteiger partial charge in [-0.15, -0.1) is 0 Å². The highest BCUT2D eigenvalue weighted by atomic mass is 16.5. The second-order valence-corrected chi connectivity index (χ2v) is 5.19. The Morgan fingerprint density at radius 1 is 1.25 bits per heavy atom. The number of ether oxygens (including phenoxy) is 1. The maximum absolute atomic E-state index is 5.35. The number of methoxy groups -OCH3 is 1. The third-order valence-electron chi connectivity index (χ3n) is 3.74. The van der Waals surface area contributed by atoms with Crippen LogP contribution >= 0.6 is 0 Å². The molecule has 0 amide bonds. The van der Waals surface area contributed by atoms with Gasteiger partial charge in [0.25, 0.3) is 0 Å². The van der Waals surface area contributed by atoms with E-state index >= 15 is 0 Å². The van der Waals surface area contributed by atoms with Gasteiger partial charge in [0.15, 0.2) is 0 Å². The van der Waals surface area contributed by atoms with Crippen molar-refractivity contribution in [2.75, 3.05) is 13.7 Å². The van der Waals surface area contributed by atoms with E-state index in [9.17, 15) is 0 Å². The molecule has 2 aromatic rings. The van der Waals surface area contributed by atoms with Crippen molar-refractivity contribution >= 4 is 10.9 Å². The van der Waals surface area contributed by atoms with Gasteiger partial charge < -0.3 is 10.1 Å². The van der Waals surface area contributed by atoms with Crippen LogP contribution in [-0.4, -0.2) is 24.7 Å². The molecule has 0 radical (unpaired) electrons. The van der Waals surface area contributed by atoms with Crippen LogP contribution in [0.15, 0.2) is 36.5 Å². The molecule has 2 rings (SSSR count). The standard InChI is InChI=1S/C17H24N2O/c1-4-18-16(9-7-13(2)20-3)15-8-10-17-14(12-15)6-5-11-19-17/h5-6,8,10-13,16,18H,4,7,9H2,1-3H3. The lowest BCUT2D eigenvalue weighted by atomic mass is 9.98. The maximum atomic E-state index is 5.35. The molecule has 20 heavy (non-hydrogen) atoms. The largest absolute Gasteiger partial charge is 0.382 e. The van der Waals surface area contributed by atoms with Gasteiger partial charge in [0, 0.05) is 24.7 Å². The summed E-state index contributed by atoms with van der Waals surface area (Å²) in [6.07, 6.45) is 4.27. The average molecular weight is 272 g/mol. The number of nitrogens with one attached hydrogen (secondary N) is 1. The van der Waals surface area contributed by atoms with E-state index in [1.807, 2.05) is 12.3 Å². The van der Waals surface area contributed by atoms with Crippen molar-refractivity contribution in [3.8, 4) is 0 Å². The van der Waals surface area contributed by atoms with E-state index in [-0.39, 0.29) is 0 Å². The predicted octanol–water partition coefficient (Wildman–Crippen LogP) is 3.70. The highest BCUT2D eigenvalue weighted by Gasteiger charge is 2.12. The number of hydrogen-bond acceptors (Lipinski definition) is 3. The van der Waals surface area contributed by atoms with Gasteiger partial charge in [0.05, 0.1) is 11.6 Å². The summed E-state index contributed by atoms with van der Waals surface area (Å²) in [5.74, 6) is 0. The summed E-state index contributed by atoms with van der Waals surface area (Å²) in [4.78, 5) is 4.37. The molecule has 0 saturated heterocycles. The molecule has 1 aromatic heterocycles. The summed E-state index contributed by atoms with van der Waals surface area (Å²) < 4.78 is 5.35. The quantitative estimate of drug-likeness (QED) is 0.834. The molecule has 2 atom stereocenters. The van der Waals surface area contributed by atoms with Crippen molar-refractivity contribution in [3.63, 3.8) is 0 Å². The summed E-state index contributed by atoms with van der Waals surface area (Å²) in [5.41, 5.74) is 2.38. The lowest BCUT2D eigenvalue weighted by molar-refractivity contribution is 0.106. The molecule has 108 valence electrons. The fraction of sp³-hybridized carbons (Fsp3) is 0.471. The van der Waals surface area contributed by atoms with Crippen molar-refractivity contribution < 1.29 is 4.74 Å². The number of hydrogen-bond donors (Lipinski definition) is 1. The van der Waals surface area contributed by atoms with Gasteiger partial charge in [-0.3, -0.25) is 4.98 Å². The molecular formula is C17H24N2O. The van der Waals surface area contributed by atoms with E-state index in [1.54, 1.807) is 7.11 Å². The van der Waals surface area contributed by atoms with Crippen LogP contribution in [0.3, 0.4) is 0 Å². The molecule has 0 fully saturated rings. The van der Waals surface area contributed by atoms with Gasteiger partial charge in [-0.1, -0.05) is 19.1 Å². The Hall–Kier alpha value is -1.45. The smallest absolute Gasteiger partial charge is 0.0702 e. The molecule has 0 spiro atoms. The minimum atomic E-state index is 0.304. The predicted molar refractivity (Wildman–Crippen MR) is 83.9 cm³/mol. The lowest BCUT2D eigenvalue weighted by Gasteiger charge is -2.20. The van der Waals surface area contributed by atoms with Crippen LogP contribution in [0.2, 0.25) is 0 Å². The van der Waals surface area contributed by atoms with Crippen molar-refractivity contribution in [2.45, 2.75) is 38.8 Å². The van der Waals surface area contributed by atoms with Crippen molar-refractivity contribution in [2.24, 2.45) is 0 Å². The van der Waals surface area contributed by atoms with Gasteiger partial charge in [0.2, 0.25) is 0 Å². The van der Waals surface area contributed by atoms with Crippen LogP contribution in [0.25, 0.3) is 10.9 Å². The first-order valence-corrected chi connectivity index (χ1v) is 7.35. The lowest BCUT2D eigenvalue weighted by Crippen LogP contribution is -2.22. The third kappa shape index (κ3) is 3.78. The van der Waals surface area contributed by atoms with Crippen LogP contribution in [0, 0.1) is 0 Å². The Labute approximate surface area is 121 Å². The van der Waals surface area contributed by atoms with Crippen molar-refractivity contribution in [1.29, 1.82) is 0 Å². The average Bonchev–Trinajstić information content (AvgIpc) is 2.50. The highest BCUT2D eigenvalue weighted by Crippen LogP contribution is 2.23. The fourth-order valence-corrected chi connectivity index (χ4v) is 2.46. The van der Waals surface area contributed by atoms with Crippen LogP contribution in [0.4, 0.5) is 0 Å². The van der Waals surface area contributed by atoms with Gasteiger partial charge >= 0.3 is 0 Å². The molecule has 0 aliphatic carbocycles. The zero-order valence-corrected chi connectivity index (χ0v) is 12.6. The molecule has 0 bridgehead atoms. The summed E-state index contributed by atoms with van der Waals surface area (Å²) in [5, 5.41) is 4.77. The number of rotatable bonds is 7. The first-order valence-electron chi connectivity index (χ1n) is 7.35. The van der Waals surface area contributed by atoms with Gasteiger partial charge in [-0.2, -0.15) is 0 Å². The van der Waals surface area contributed by atoms with Crippen LogP contribution in [0.5, 0.6) is 0 Å². The minimum Gasteiger partial charge on any atom is -0.382 e. The first-order chi connectivity index (χ1) is 9.74. The van der Waals surface area contributed by atoms with E-state index < -0.39 is 0 Å². The molecule has 1 N–H and O–H groups in total. The van der Waals surface area contributed by atoms with Gasteiger partial charge in [0.1, 0.15) is 0 Å². The monoisotopic (exact) mass is 272 g/mol. The maximum Gasteiger partial charge on any atom is 0.0702 e. The number of nitrogens with zero attached hydrogens (tertiary/aromatic N) is 1. The second kappa shape index (κ2) is 7.36. The molecule has 0 aliphatic heterocycles. The summed E-state index contributed by atoms with van der Waals surface area (Å²) in [6, 6.07) is 11.0. The Kier molecular flexibility index (Phi) is 5.50. The number of benzene rings is 1. The minimum absolute atomic E-state index is 0.304. The summed E-state index contributed by atoms with van der Waals surface area (Å²) in [7, 11) is 1.77. The molecule has 0 aliphatic rings. The SMILES string of the molecule is CCNC(CCC(C)OC)c1ccc2ncccc2c1. The summed E-state index contributed by atoms with van der Waals surface area (Å²) in [6.45, 7) is 5.24. The van der Waals surface area contributed by atoms with E-state index in [2.05, 4.69) is 48.4 Å². The number of pyridine rings is 1. The van der Waals surface area contributed by atoms with Crippen LogP contribution < -0.4 is 5.32 Å². The zero-order valence-electron chi connectivity index (χ0n) is 12.6. The van der Waals surface area contributed by atoms with E-state index in [1.165, 1.54) is 10.9 Å². The van der Waals surface area contributed by atoms with Gasteiger partial charge in [-0.25, -0.2) is 0 Å². The Balaban J connectivity index is 2.17. The molecule has 1 heterocycles.